The monoisotopic (exact) mass is 500 g/mol. The molecule has 2 heterocycles. The predicted molar refractivity (Wildman–Crippen MR) is 149 cm³/mol. The maximum atomic E-state index is 13.0. The van der Waals surface area contributed by atoms with Gasteiger partial charge in [0.1, 0.15) is 5.60 Å². The number of hydrogen-bond donors (Lipinski definition) is 0. The number of amides is 1. The maximum Gasteiger partial charge on any atom is 0.410 e. The van der Waals surface area contributed by atoms with E-state index in [2.05, 4.69) is 60.4 Å². The summed E-state index contributed by atoms with van der Waals surface area (Å²) in [6.07, 6.45) is 6.42. The number of hydrogen-bond acceptors (Lipinski definition) is 4. The lowest BCUT2D eigenvalue weighted by atomic mass is 9.75. The van der Waals surface area contributed by atoms with E-state index >= 15 is 0 Å². The Kier molecular flexibility index (Phi) is 8.65. The molecule has 2 aromatic carbocycles. The smallest absolute Gasteiger partial charge is 0.410 e. The highest BCUT2D eigenvalue weighted by Gasteiger charge is 2.36. The van der Waals surface area contributed by atoms with Crippen molar-refractivity contribution in [3.05, 3.63) is 89.2 Å². The standard InChI is InChI=1S/C32H40N2O3/c1-23-20-25(28-13-7-6-10-24(28)12-9-19-36-5)14-15-27(23)30-22-34(31(35)37-32(2,3)4)18-16-29(30)26-11-8-17-33-21-26/h6-8,10-11,13-15,17,20-21,29-30H,9,12,16,18-19,22H2,1-5H3/t29-,30-/m0/s1. The summed E-state index contributed by atoms with van der Waals surface area (Å²) in [5.74, 6) is 0.453. The van der Waals surface area contributed by atoms with Crippen LogP contribution in [0.25, 0.3) is 11.1 Å². The van der Waals surface area contributed by atoms with Crippen LogP contribution in [0, 0.1) is 6.92 Å². The van der Waals surface area contributed by atoms with Crippen LogP contribution in [0.5, 0.6) is 0 Å². The van der Waals surface area contributed by atoms with Crippen LogP contribution < -0.4 is 0 Å². The first-order valence-corrected chi connectivity index (χ1v) is 13.3. The molecule has 1 aliphatic rings. The summed E-state index contributed by atoms with van der Waals surface area (Å²) in [5.41, 5.74) is 7.08. The Hall–Kier alpha value is -3.18. The van der Waals surface area contributed by atoms with Crippen molar-refractivity contribution in [3.8, 4) is 11.1 Å². The molecule has 1 aliphatic heterocycles. The van der Waals surface area contributed by atoms with Gasteiger partial charge < -0.3 is 14.4 Å². The second-order valence-corrected chi connectivity index (χ2v) is 11.0. The Morgan fingerprint density at radius 3 is 2.59 bits per heavy atom. The van der Waals surface area contributed by atoms with Gasteiger partial charge >= 0.3 is 6.09 Å². The van der Waals surface area contributed by atoms with Crippen molar-refractivity contribution >= 4 is 6.09 Å². The first kappa shape index (κ1) is 26.9. The molecule has 5 nitrogen and oxygen atoms in total. The largest absolute Gasteiger partial charge is 0.444 e. The molecule has 4 rings (SSSR count). The molecule has 0 spiro atoms. The van der Waals surface area contributed by atoms with Gasteiger partial charge in [-0.2, -0.15) is 0 Å². The van der Waals surface area contributed by atoms with Crippen LogP contribution in [-0.4, -0.2) is 48.4 Å². The Morgan fingerprint density at radius 2 is 1.89 bits per heavy atom. The van der Waals surface area contributed by atoms with Crippen LogP contribution in [0.4, 0.5) is 4.79 Å². The summed E-state index contributed by atoms with van der Waals surface area (Å²) in [4.78, 5) is 19.3. The minimum absolute atomic E-state index is 0.163. The number of ether oxygens (including phenoxy) is 2. The molecular formula is C32H40N2O3. The Balaban J connectivity index is 1.65. The molecule has 0 aliphatic carbocycles. The third-order valence-electron chi connectivity index (χ3n) is 7.17. The fourth-order valence-corrected chi connectivity index (χ4v) is 5.44. The number of nitrogens with zero attached hydrogens (tertiary/aromatic N) is 2. The quantitative estimate of drug-likeness (QED) is 0.323. The van der Waals surface area contributed by atoms with Crippen molar-refractivity contribution < 1.29 is 14.3 Å². The molecule has 5 heteroatoms. The summed E-state index contributed by atoms with van der Waals surface area (Å²) in [7, 11) is 1.75. The van der Waals surface area contributed by atoms with E-state index in [-0.39, 0.29) is 12.0 Å². The third-order valence-corrected chi connectivity index (χ3v) is 7.17. The summed E-state index contributed by atoms with van der Waals surface area (Å²) in [6, 6.07) is 19.6. The lowest BCUT2D eigenvalue weighted by molar-refractivity contribution is 0.0183. The normalized spacial score (nSPS) is 18.0. The lowest BCUT2D eigenvalue weighted by Crippen LogP contribution is -2.44. The zero-order valence-corrected chi connectivity index (χ0v) is 22.9. The molecule has 0 unspecified atom stereocenters. The van der Waals surface area contributed by atoms with Crippen LogP contribution in [0.1, 0.15) is 67.7 Å². The van der Waals surface area contributed by atoms with E-state index in [1.807, 2.05) is 44.1 Å². The Morgan fingerprint density at radius 1 is 1.08 bits per heavy atom. The minimum Gasteiger partial charge on any atom is -0.444 e. The number of rotatable bonds is 7. The summed E-state index contributed by atoms with van der Waals surface area (Å²) < 4.78 is 11.0. The number of carbonyl (C=O) groups excluding carboxylic acids is 1. The van der Waals surface area contributed by atoms with Gasteiger partial charge in [-0.1, -0.05) is 48.5 Å². The van der Waals surface area contributed by atoms with Gasteiger partial charge in [-0.15, -0.1) is 0 Å². The van der Waals surface area contributed by atoms with E-state index in [0.717, 1.165) is 25.9 Å². The zero-order valence-electron chi connectivity index (χ0n) is 22.9. The van der Waals surface area contributed by atoms with E-state index in [1.54, 1.807) is 7.11 Å². The number of aryl methyl sites for hydroxylation is 2. The predicted octanol–water partition coefficient (Wildman–Crippen LogP) is 7.14. The molecule has 1 fully saturated rings. The fourth-order valence-electron chi connectivity index (χ4n) is 5.44. The molecule has 0 bridgehead atoms. The Labute approximate surface area is 221 Å². The van der Waals surface area contributed by atoms with Crippen molar-refractivity contribution in [1.29, 1.82) is 0 Å². The first-order chi connectivity index (χ1) is 17.8. The average Bonchev–Trinajstić information content (AvgIpc) is 2.88. The Bertz CT molecular complexity index is 1190. The SMILES string of the molecule is COCCCc1ccccc1-c1ccc([C@@H]2CN(C(=O)OC(C)(C)C)CC[C@H]2c2cccnc2)c(C)c1. The highest BCUT2D eigenvalue weighted by Crippen LogP contribution is 2.42. The number of pyridine rings is 1. The topological polar surface area (TPSA) is 51.7 Å². The van der Waals surface area contributed by atoms with Crippen molar-refractivity contribution in [2.24, 2.45) is 0 Å². The van der Waals surface area contributed by atoms with Crippen molar-refractivity contribution in [3.63, 3.8) is 0 Å². The molecule has 2 atom stereocenters. The molecular weight excluding hydrogens is 460 g/mol. The maximum absolute atomic E-state index is 13.0. The van der Waals surface area contributed by atoms with Crippen LogP contribution in [0.2, 0.25) is 0 Å². The van der Waals surface area contributed by atoms with Gasteiger partial charge in [0, 0.05) is 45.1 Å². The number of benzene rings is 2. The second kappa shape index (κ2) is 11.9. The summed E-state index contributed by atoms with van der Waals surface area (Å²) in [5, 5.41) is 0. The van der Waals surface area contributed by atoms with Gasteiger partial charge in [0.2, 0.25) is 0 Å². The van der Waals surface area contributed by atoms with Gasteiger partial charge in [0.25, 0.3) is 0 Å². The third kappa shape index (κ3) is 6.78. The van der Waals surface area contributed by atoms with Gasteiger partial charge in [-0.05, 0) is 92.3 Å². The van der Waals surface area contributed by atoms with Crippen molar-refractivity contribution in [2.75, 3.05) is 26.8 Å². The van der Waals surface area contributed by atoms with E-state index < -0.39 is 5.60 Å². The number of carbonyl (C=O) groups is 1. The van der Waals surface area contributed by atoms with Crippen LogP contribution in [-0.2, 0) is 15.9 Å². The van der Waals surface area contributed by atoms with Crippen molar-refractivity contribution in [2.45, 2.75) is 64.4 Å². The molecule has 0 saturated carbocycles. The van der Waals surface area contributed by atoms with Gasteiger partial charge in [0.15, 0.2) is 0 Å². The number of piperidine rings is 1. The average molecular weight is 501 g/mol. The van der Waals surface area contributed by atoms with Gasteiger partial charge in [-0.25, -0.2) is 4.79 Å². The minimum atomic E-state index is -0.513. The molecule has 3 aromatic rings. The highest BCUT2D eigenvalue weighted by atomic mass is 16.6. The molecule has 1 amide bonds. The fraction of sp³-hybridized carbons (Fsp3) is 0.438. The van der Waals surface area contributed by atoms with E-state index in [4.69, 9.17) is 9.47 Å². The number of likely N-dealkylation sites (tertiary alicyclic amines) is 1. The molecule has 37 heavy (non-hydrogen) atoms. The molecule has 196 valence electrons. The first-order valence-electron chi connectivity index (χ1n) is 13.3. The van der Waals surface area contributed by atoms with E-state index in [1.165, 1.54) is 33.4 Å². The van der Waals surface area contributed by atoms with E-state index in [9.17, 15) is 4.79 Å². The lowest BCUT2D eigenvalue weighted by Gasteiger charge is -2.40. The van der Waals surface area contributed by atoms with E-state index in [0.29, 0.717) is 19.0 Å². The number of aromatic nitrogens is 1. The number of methoxy groups -OCH3 is 1. The second-order valence-electron chi connectivity index (χ2n) is 11.0. The van der Waals surface area contributed by atoms with Crippen molar-refractivity contribution in [1.82, 2.24) is 9.88 Å². The molecule has 0 N–H and O–H groups in total. The summed E-state index contributed by atoms with van der Waals surface area (Å²) in [6.45, 7) is 10.0. The van der Waals surface area contributed by atoms with Crippen LogP contribution >= 0.6 is 0 Å². The molecule has 1 saturated heterocycles. The molecule has 0 radical (unpaired) electrons. The highest BCUT2D eigenvalue weighted by molar-refractivity contribution is 5.70. The van der Waals surface area contributed by atoms with Gasteiger partial charge in [0.05, 0.1) is 0 Å². The van der Waals surface area contributed by atoms with Gasteiger partial charge in [-0.3, -0.25) is 4.98 Å². The summed E-state index contributed by atoms with van der Waals surface area (Å²) >= 11 is 0. The van der Waals surface area contributed by atoms with Crippen LogP contribution in [0.3, 0.4) is 0 Å². The van der Waals surface area contributed by atoms with Crippen LogP contribution in [0.15, 0.2) is 67.0 Å². The molecule has 1 aromatic heterocycles. The zero-order chi connectivity index (χ0) is 26.4.